The van der Waals surface area contributed by atoms with Gasteiger partial charge in [0.05, 0.1) is 79.3 Å². The van der Waals surface area contributed by atoms with Crippen molar-refractivity contribution in [2.24, 2.45) is 0 Å². The molecule has 9 nitrogen and oxygen atoms in total. The van der Waals surface area contributed by atoms with Crippen LogP contribution in [0, 0.1) is 0 Å². The Labute approximate surface area is 201 Å². The molecular weight excluding hydrogens is 432 g/mol. The van der Waals surface area contributed by atoms with Crippen LogP contribution < -0.4 is 0 Å². The topological polar surface area (TPSA) is 83.1 Å². The van der Waals surface area contributed by atoms with Crippen molar-refractivity contribution < 1.29 is 42.6 Å². The van der Waals surface area contributed by atoms with Crippen LogP contribution in [0.2, 0.25) is 0 Å². The van der Waals surface area contributed by atoms with E-state index in [9.17, 15) is 0 Å². The summed E-state index contributed by atoms with van der Waals surface area (Å²) in [6.07, 6.45) is 1.60. The maximum atomic E-state index is 5.92. The van der Waals surface area contributed by atoms with Crippen LogP contribution in [0.25, 0.3) is 0 Å². The summed E-state index contributed by atoms with van der Waals surface area (Å²) in [5, 5.41) is 0. The molecule has 0 N–H and O–H groups in total. The molecule has 0 aliphatic heterocycles. The summed E-state index contributed by atoms with van der Waals surface area (Å²) >= 11 is 0. The molecule has 0 aromatic heterocycles. The predicted molar refractivity (Wildman–Crippen MR) is 127 cm³/mol. The Kier molecular flexibility index (Phi) is 27.6. The van der Waals surface area contributed by atoms with Gasteiger partial charge in [-0.1, -0.05) is 13.8 Å². The van der Waals surface area contributed by atoms with E-state index in [0.717, 1.165) is 26.1 Å². The highest BCUT2D eigenvalue weighted by Crippen LogP contribution is 2.01. The number of hydrogen-bond acceptors (Lipinski definition) is 9. The minimum atomic E-state index is -0.190. The fourth-order valence-corrected chi connectivity index (χ4v) is 2.61. The van der Waals surface area contributed by atoms with Gasteiger partial charge < -0.3 is 42.6 Å². The highest BCUT2D eigenvalue weighted by atomic mass is 16.6. The molecule has 0 aromatic rings. The van der Waals surface area contributed by atoms with Gasteiger partial charge in [-0.3, -0.25) is 0 Å². The third kappa shape index (κ3) is 24.6. The van der Waals surface area contributed by atoms with Crippen LogP contribution in [0.15, 0.2) is 0 Å². The highest BCUT2D eigenvalue weighted by molar-refractivity contribution is 4.60. The SMILES string of the molecule is CCCOCCOC(COCCOCC)COCC(COCCOCC)OCCOCCC. The van der Waals surface area contributed by atoms with Crippen LogP contribution in [-0.4, -0.2) is 118 Å². The zero-order chi connectivity index (χ0) is 24.2. The summed E-state index contributed by atoms with van der Waals surface area (Å²) < 4.78 is 50.7. The van der Waals surface area contributed by atoms with E-state index in [1.807, 2.05) is 13.8 Å². The molecule has 0 aliphatic carbocycles. The monoisotopic (exact) mass is 482 g/mol. The van der Waals surface area contributed by atoms with Crippen molar-refractivity contribution in [2.75, 3.05) is 106 Å². The number of hydrogen-bond donors (Lipinski definition) is 0. The van der Waals surface area contributed by atoms with Crippen LogP contribution in [0.5, 0.6) is 0 Å². The van der Waals surface area contributed by atoms with Gasteiger partial charge >= 0.3 is 0 Å². The third-order valence-electron chi connectivity index (χ3n) is 4.23. The average Bonchev–Trinajstić information content (AvgIpc) is 2.82. The van der Waals surface area contributed by atoms with E-state index < -0.39 is 0 Å². The Morgan fingerprint density at radius 3 is 1.12 bits per heavy atom. The first-order valence-electron chi connectivity index (χ1n) is 12.6. The molecule has 9 heteroatoms. The van der Waals surface area contributed by atoms with E-state index in [1.165, 1.54) is 0 Å². The Hall–Kier alpha value is -0.360. The van der Waals surface area contributed by atoms with Gasteiger partial charge in [-0.25, -0.2) is 0 Å². The molecule has 2 atom stereocenters. The second kappa shape index (κ2) is 27.9. The lowest BCUT2D eigenvalue weighted by molar-refractivity contribution is -0.108. The van der Waals surface area contributed by atoms with Gasteiger partial charge in [0.15, 0.2) is 0 Å². The fourth-order valence-electron chi connectivity index (χ4n) is 2.61. The van der Waals surface area contributed by atoms with Crippen molar-refractivity contribution in [3.05, 3.63) is 0 Å². The van der Waals surface area contributed by atoms with Gasteiger partial charge in [0.2, 0.25) is 0 Å². The van der Waals surface area contributed by atoms with Crippen LogP contribution in [0.1, 0.15) is 40.5 Å². The first-order chi connectivity index (χ1) is 16.3. The maximum absolute atomic E-state index is 5.92. The van der Waals surface area contributed by atoms with E-state index in [4.69, 9.17) is 42.6 Å². The second-order valence-electron chi connectivity index (χ2n) is 7.29. The van der Waals surface area contributed by atoms with Gasteiger partial charge in [0, 0.05) is 26.4 Å². The molecule has 33 heavy (non-hydrogen) atoms. The first kappa shape index (κ1) is 32.6. The van der Waals surface area contributed by atoms with Crippen molar-refractivity contribution in [1.82, 2.24) is 0 Å². The quantitative estimate of drug-likeness (QED) is 0.156. The molecule has 200 valence electrons. The Balaban J connectivity index is 4.35. The molecule has 0 saturated heterocycles. The van der Waals surface area contributed by atoms with Crippen molar-refractivity contribution >= 4 is 0 Å². The molecule has 0 aliphatic rings. The zero-order valence-corrected chi connectivity index (χ0v) is 21.6. The molecule has 0 rings (SSSR count). The van der Waals surface area contributed by atoms with Crippen LogP contribution >= 0.6 is 0 Å². The predicted octanol–water partition coefficient (Wildman–Crippen LogP) is 2.73. The van der Waals surface area contributed by atoms with Crippen molar-refractivity contribution in [1.29, 1.82) is 0 Å². The van der Waals surface area contributed by atoms with Crippen molar-refractivity contribution in [3.63, 3.8) is 0 Å². The van der Waals surface area contributed by atoms with E-state index >= 15 is 0 Å². The Morgan fingerprint density at radius 2 is 0.727 bits per heavy atom. The molecule has 0 amide bonds. The second-order valence-corrected chi connectivity index (χ2v) is 7.29. The molecule has 0 radical (unpaired) electrons. The molecule has 2 unspecified atom stereocenters. The van der Waals surface area contributed by atoms with Crippen LogP contribution in [-0.2, 0) is 42.6 Å². The van der Waals surface area contributed by atoms with Gasteiger partial charge in [-0.2, -0.15) is 0 Å². The van der Waals surface area contributed by atoms with Gasteiger partial charge in [-0.05, 0) is 26.7 Å². The van der Waals surface area contributed by atoms with Crippen molar-refractivity contribution in [2.45, 2.75) is 52.7 Å². The highest BCUT2D eigenvalue weighted by Gasteiger charge is 2.14. The summed E-state index contributed by atoms with van der Waals surface area (Å²) in [6, 6.07) is 0. The lowest BCUT2D eigenvalue weighted by Crippen LogP contribution is -2.32. The Morgan fingerprint density at radius 1 is 0.364 bits per heavy atom. The molecule has 0 bridgehead atoms. The summed E-state index contributed by atoms with van der Waals surface area (Å²) in [5.74, 6) is 0. The Bertz CT molecular complexity index is 301. The molecule has 0 fully saturated rings. The van der Waals surface area contributed by atoms with E-state index in [2.05, 4.69) is 13.8 Å². The van der Waals surface area contributed by atoms with E-state index in [0.29, 0.717) is 92.5 Å². The lowest BCUT2D eigenvalue weighted by Gasteiger charge is -2.22. The summed E-state index contributed by atoms with van der Waals surface area (Å²) in [5.41, 5.74) is 0. The molecule has 0 spiro atoms. The van der Waals surface area contributed by atoms with Gasteiger partial charge in [0.1, 0.15) is 12.2 Å². The van der Waals surface area contributed by atoms with Crippen LogP contribution in [0.4, 0.5) is 0 Å². The summed E-state index contributed by atoms with van der Waals surface area (Å²) in [6.45, 7) is 16.9. The summed E-state index contributed by atoms with van der Waals surface area (Å²) in [4.78, 5) is 0. The van der Waals surface area contributed by atoms with Crippen LogP contribution in [0.3, 0.4) is 0 Å². The van der Waals surface area contributed by atoms with E-state index in [1.54, 1.807) is 0 Å². The average molecular weight is 483 g/mol. The maximum Gasteiger partial charge on any atom is 0.104 e. The molecule has 0 heterocycles. The number of ether oxygens (including phenoxy) is 9. The standard InChI is InChI=1S/C24H50O9/c1-5-9-27-15-17-32-23(19-29-13-11-25-7-3)21-31-22-24(20-30-14-12-26-8-4)33-18-16-28-10-6-2/h23-24H,5-22H2,1-4H3. The first-order valence-corrected chi connectivity index (χ1v) is 12.6. The smallest absolute Gasteiger partial charge is 0.104 e. The minimum Gasteiger partial charge on any atom is -0.379 e. The fraction of sp³-hybridized carbons (Fsp3) is 1.00. The molecule has 0 saturated carbocycles. The summed E-state index contributed by atoms with van der Waals surface area (Å²) in [7, 11) is 0. The normalized spacial score (nSPS) is 13.5. The number of rotatable bonds is 28. The third-order valence-corrected chi connectivity index (χ3v) is 4.23. The molecular formula is C24H50O9. The van der Waals surface area contributed by atoms with Gasteiger partial charge in [-0.15, -0.1) is 0 Å². The molecule has 0 aromatic carbocycles. The van der Waals surface area contributed by atoms with E-state index in [-0.39, 0.29) is 12.2 Å². The lowest BCUT2D eigenvalue weighted by atomic mass is 10.3. The van der Waals surface area contributed by atoms with Gasteiger partial charge in [0.25, 0.3) is 0 Å². The minimum absolute atomic E-state index is 0.190. The van der Waals surface area contributed by atoms with Crippen molar-refractivity contribution in [3.8, 4) is 0 Å². The largest absolute Gasteiger partial charge is 0.379 e. The zero-order valence-electron chi connectivity index (χ0n) is 21.6.